The summed E-state index contributed by atoms with van der Waals surface area (Å²) in [7, 11) is 1.44. The smallest absolute Gasteiger partial charge is 0.323 e. The molecule has 2 fully saturated rings. The Morgan fingerprint density at radius 1 is 1.17 bits per heavy atom. The number of para-hydroxylation sites is 1. The van der Waals surface area contributed by atoms with Gasteiger partial charge in [-0.1, -0.05) is 36.4 Å². The fraction of sp³-hybridized carbons (Fsp3) is 0.464. The van der Waals surface area contributed by atoms with Gasteiger partial charge in [0.05, 0.1) is 19.3 Å². The van der Waals surface area contributed by atoms with Gasteiger partial charge in [0.2, 0.25) is 0 Å². The van der Waals surface area contributed by atoms with Gasteiger partial charge in [0, 0.05) is 53.8 Å². The minimum atomic E-state index is -0.472. The summed E-state index contributed by atoms with van der Waals surface area (Å²) in [6.07, 6.45) is 4.49. The fourth-order valence-electron chi connectivity index (χ4n) is 6.47. The van der Waals surface area contributed by atoms with Gasteiger partial charge in [-0.05, 0) is 43.4 Å². The summed E-state index contributed by atoms with van der Waals surface area (Å²) in [5.74, 6) is -0.500. The average Bonchev–Trinajstić information content (AvgIpc) is 3.54. The molecule has 6 rings (SSSR count). The molecule has 3 aliphatic rings. The normalized spacial score (nSPS) is 28.6. The van der Waals surface area contributed by atoms with E-state index in [2.05, 4.69) is 27.3 Å². The second-order valence-electron chi connectivity index (χ2n) is 10.0. The molecule has 0 spiro atoms. The Balaban J connectivity index is 1.43. The predicted molar refractivity (Wildman–Crippen MR) is 132 cm³/mol. The van der Waals surface area contributed by atoms with E-state index >= 15 is 4.39 Å². The number of carbonyl (C=O) groups is 1. The van der Waals surface area contributed by atoms with Crippen molar-refractivity contribution in [2.75, 3.05) is 20.3 Å². The molecule has 2 aromatic carbocycles. The molecule has 0 aliphatic carbocycles. The summed E-state index contributed by atoms with van der Waals surface area (Å²) in [5, 5.41) is 4.88. The van der Waals surface area contributed by atoms with Crippen LogP contribution < -0.4 is 5.32 Å². The number of aromatic amines is 1. The largest absolute Gasteiger partial charge is 0.468 e. The zero-order chi connectivity index (χ0) is 23.9. The fourth-order valence-corrected chi connectivity index (χ4v) is 6.47. The van der Waals surface area contributed by atoms with Crippen molar-refractivity contribution in [2.24, 2.45) is 0 Å². The number of methoxy groups -OCH3 is 1. The second kappa shape index (κ2) is 9.37. The number of hydrogen-bond acceptors (Lipinski definition) is 5. The summed E-state index contributed by atoms with van der Waals surface area (Å²) < 4.78 is 26.3. The molecule has 7 heteroatoms. The highest BCUT2D eigenvalue weighted by atomic mass is 19.1. The number of halogens is 1. The molecule has 0 bridgehead atoms. The van der Waals surface area contributed by atoms with Crippen molar-refractivity contribution in [3.05, 3.63) is 71.2 Å². The minimum absolute atomic E-state index is 0.0596. The van der Waals surface area contributed by atoms with Crippen molar-refractivity contribution in [3.63, 3.8) is 0 Å². The van der Waals surface area contributed by atoms with Crippen LogP contribution in [0.15, 0.2) is 48.5 Å². The number of aromatic nitrogens is 1. The molecule has 3 aliphatic heterocycles. The lowest BCUT2D eigenvalue weighted by Crippen LogP contribution is -2.56. The zero-order valence-corrected chi connectivity index (χ0v) is 20.0. The van der Waals surface area contributed by atoms with Crippen molar-refractivity contribution in [1.82, 2.24) is 15.2 Å². The average molecular weight is 478 g/mol. The zero-order valence-electron chi connectivity index (χ0n) is 20.0. The van der Waals surface area contributed by atoms with Gasteiger partial charge in [0.15, 0.2) is 0 Å². The SMILES string of the molecule is COC(=O)C1Cc2c([nH]c3ccccc23)C2CC(NCC3CCCO3)CC(c3ccccc3F)N12. The Labute approximate surface area is 204 Å². The lowest BCUT2D eigenvalue weighted by atomic mass is 9.79. The molecule has 3 aromatic rings. The number of nitrogens with zero attached hydrogens (tertiary/aromatic N) is 1. The predicted octanol–water partition coefficient (Wildman–Crippen LogP) is 4.42. The van der Waals surface area contributed by atoms with Gasteiger partial charge in [0.25, 0.3) is 0 Å². The molecule has 2 saturated heterocycles. The van der Waals surface area contributed by atoms with Crippen molar-refractivity contribution in [3.8, 4) is 0 Å². The molecule has 184 valence electrons. The number of carbonyl (C=O) groups excluding carboxylic acids is 1. The summed E-state index contributed by atoms with van der Waals surface area (Å²) in [6.45, 7) is 1.62. The van der Waals surface area contributed by atoms with Crippen LogP contribution in [0.2, 0.25) is 0 Å². The highest BCUT2D eigenvalue weighted by molar-refractivity contribution is 5.87. The van der Waals surface area contributed by atoms with E-state index in [-0.39, 0.29) is 36.0 Å². The number of ether oxygens (including phenoxy) is 2. The van der Waals surface area contributed by atoms with Gasteiger partial charge in [-0.3, -0.25) is 9.69 Å². The van der Waals surface area contributed by atoms with Gasteiger partial charge in [-0.2, -0.15) is 0 Å². The van der Waals surface area contributed by atoms with E-state index in [1.165, 1.54) is 18.7 Å². The van der Waals surface area contributed by atoms with E-state index in [0.29, 0.717) is 18.4 Å². The molecular formula is C28H32FN3O3. The molecule has 0 saturated carbocycles. The van der Waals surface area contributed by atoms with Crippen LogP contribution in [-0.2, 0) is 20.7 Å². The number of nitrogens with one attached hydrogen (secondary N) is 2. The van der Waals surface area contributed by atoms with Crippen LogP contribution in [0.3, 0.4) is 0 Å². The van der Waals surface area contributed by atoms with Gasteiger partial charge in [0.1, 0.15) is 11.9 Å². The molecule has 1 aromatic heterocycles. The molecule has 0 amide bonds. The van der Waals surface area contributed by atoms with Gasteiger partial charge >= 0.3 is 5.97 Å². The topological polar surface area (TPSA) is 66.6 Å². The number of fused-ring (bicyclic) bond motifs is 5. The van der Waals surface area contributed by atoms with E-state index in [9.17, 15) is 4.79 Å². The molecular weight excluding hydrogens is 445 g/mol. The summed E-state index contributed by atoms with van der Waals surface area (Å²) >= 11 is 0. The van der Waals surface area contributed by atoms with Crippen LogP contribution in [0.1, 0.15) is 54.6 Å². The third kappa shape index (κ3) is 4.05. The lowest BCUT2D eigenvalue weighted by molar-refractivity contribution is -0.152. The summed E-state index contributed by atoms with van der Waals surface area (Å²) in [4.78, 5) is 19.0. The van der Waals surface area contributed by atoms with E-state index in [1.54, 1.807) is 6.07 Å². The second-order valence-corrected chi connectivity index (χ2v) is 10.0. The first-order chi connectivity index (χ1) is 17.1. The van der Waals surface area contributed by atoms with Crippen LogP contribution in [0.4, 0.5) is 4.39 Å². The van der Waals surface area contributed by atoms with Gasteiger partial charge in [-0.25, -0.2) is 4.39 Å². The third-order valence-corrected chi connectivity index (χ3v) is 8.07. The number of benzene rings is 2. The molecule has 5 unspecified atom stereocenters. The summed E-state index contributed by atoms with van der Waals surface area (Å²) in [6, 6.07) is 14.6. The third-order valence-electron chi connectivity index (χ3n) is 8.07. The van der Waals surface area contributed by atoms with Crippen LogP contribution in [0.5, 0.6) is 0 Å². The number of H-pyrrole nitrogens is 1. The lowest BCUT2D eigenvalue weighted by Gasteiger charge is -2.50. The van der Waals surface area contributed by atoms with E-state index in [4.69, 9.17) is 9.47 Å². The van der Waals surface area contributed by atoms with Crippen LogP contribution in [0, 0.1) is 5.82 Å². The number of piperidine rings is 1. The Hall–Kier alpha value is -2.74. The van der Waals surface area contributed by atoms with Crippen LogP contribution in [0.25, 0.3) is 10.9 Å². The first-order valence-corrected chi connectivity index (χ1v) is 12.7. The van der Waals surface area contributed by atoms with Crippen molar-refractivity contribution >= 4 is 16.9 Å². The number of rotatable bonds is 5. The van der Waals surface area contributed by atoms with Crippen LogP contribution >= 0.6 is 0 Å². The maximum absolute atomic E-state index is 15.2. The highest BCUT2D eigenvalue weighted by Crippen LogP contribution is 2.49. The maximum atomic E-state index is 15.2. The molecule has 35 heavy (non-hydrogen) atoms. The summed E-state index contributed by atoms with van der Waals surface area (Å²) in [5.41, 5.74) is 4.01. The highest BCUT2D eigenvalue weighted by Gasteiger charge is 2.48. The van der Waals surface area contributed by atoms with Crippen molar-refractivity contribution in [1.29, 1.82) is 0 Å². The van der Waals surface area contributed by atoms with Gasteiger partial charge in [-0.15, -0.1) is 0 Å². The van der Waals surface area contributed by atoms with Crippen LogP contribution in [-0.4, -0.2) is 54.3 Å². The first-order valence-electron chi connectivity index (χ1n) is 12.7. The number of hydrogen-bond donors (Lipinski definition) is 2. The van der Waals surface area contributed by atoms with Crippen molar-refractivity contribution < 1.29 is 18.7 Å². The minimum Gasteiger partial charge on any atom is -0.468 e. The van der Waals surface area contributed by atoms with Gasteiger partial charge < -0.3 is 19.8 Å². The Kier molecular flexibility index (Phi) is 6.08. The molecule has 5 atom stereocenters. The Bertz CT molecular complexity index is 1220. The maximum Gasteiger partial charge on any atom is 0.323 e. The first kappa shape index (κ1) is 22.7. The quantitative estimate of drug-likeness (QED) is 0.533. The monoisotopic (exact) mass is 477 g/mol. The number of esters is 1. The molecule has 4 heterocycles. The van der Waals surface area contributed by atoms with E-state index in [0.717, 1.165) is 49.0 Å². The Morgan fingerprint density at radius 2 is 1.97 bits per heavy atom. The molecule has 6 nitrogen and oxygen atoms in total. The standard InChI is InChI=1S/C28H32FN3O3/c1-34-28(33)26-15-21-19-8-3-5-11-23(19)31-27(21)25-14-17(30-16-18-7-6-12-35-18)13-24(32(25)26)20-9-2-4-10-22(20)29/h2-5,8-11,17-18,24-26,30-31H,6-7,12-16H2,1H3. The van der Waals surface area contributed by atoms with E-state index < -0.39 is 6.04 Å². The Morgan fingerprint density at radius 3 is 2.77 bits per heavy atom. The molecule has 2 N–H and O–H groups in total. The van der Waals surface area contributed by atoms with E-state index in [1.807, 2.05) is 24.3 Å². The van der Waals surface area contributed by atoms with Crippen molar-refractivity contribution in [2.45, 2.75) is 62.4 Å². The molecule has 0 radical (unpaired) electrons.